The van der Waals surface area contributed by atoms with Crippen molar-refractivity contribution in [1.82, 2.24) is 19.4 Å². The Labute approximate surface area is 198 Å². The molecule has 1 fully saturated rings. The third-order valence-electron chi connectivity index (χ3n) is 6.20. The Bertz CT molecular complexity index is 1140. The largest absolute Gasteiger partial charge is 0.507 e. The van der Waals surface area contributed by atoms with E-state index in [2.05, 4.69) is 14.8 Å². The Morgan fingerprint density at radius 2 is 1.88 bits per heavy atom. The monoisotopic (exact) mass is 468 g/mol. The number of aliphatic hydroxyl groups is 1. The quantitative estimate of drug-likeness (QED) is 0.555. The maximum Gasteiger partial charge on any atom is 0.260 e. The third-order valence-corrected chi connectivity index (χ3v) is 6.43. The Kier molecular flexibility index (Phi) is 7.45. The van der Waals surface area contributed by atoms with Crippen molar-refractivity contribution in [2.75, 3.05) is 39.3 Å². The molecule has 2 N–H and O–H groups in total. The van der Waals surface area contributed by atoms with Crippen LogP contribution in [0.5, 0.6) is 5.75 Å². The van der Waals surface area contributed by atoms with Gasteiger partial charge in [0.05, 0.1) is 30.5 Å². The van der Waals surface area contributed by atoms with Gasteiger partial charge in [-0.15, -0.1) is 0 Å². The molecule has 1 saturated heterocycles. The number of benzene rings is 1. The molecule has 1 aliphatic rings. The van der Waals surface area contributed by atoms with Crippen LogP contribution in [0.2, 0.25) is 5.02 Å². The van der Waals surface area contributed by atoms with Gasteiger partial charge in [0.25, 0.3) is 5.56 Å². The summed E-state index contributed by atoms with van der Waals surface area (Å²) < 4.78 is 1.66. The molecule has 3 aromatic rings. The van der Waals surface area contributed by atoms with Crippen molar-refractivity contribution < 1.29 is 10.2 Å². The van der Waals surface area contributed by atoms with Gasteiger partial charge in [-0.2, -0.15) is 0 Å². The van der Waals surface area contributed by atoms with Crippen LogP contribution in [0, 0.1) is 6.92 Å². The number of β-amino-alcohol motifs (C(OH)–C–C–N with tert-alkyl or cyclic N) is 1. The molecule has 1 atom stereocenters. The SMILES string of the molecule is Cc1cc(O)c(C(c2cccc(Cl)c2)N2CCN(CCO)CC2)c(=O)n1Cc1ccccn1. The molecular weight excluding hydrogens is 440 g/mol. The summed E-state index contributed by atoms with van der Waals surface area (Å²) in [5.41, 5.74) is 2.41. The molecule has 33 heavy (non-hydrogen) atoms. The molecule has 1 unspecified atom stereocenters. The zero-order valence-corrected chi connectivity index (χ0v) is 19.4. The number of halogens is 1. The van der Waals surface area contributed by atoms with Crippen LogP contribution in [0.1, 0.15) is 28.6 Å². The molecule has 2 aromatic heterocycles. The van der Waals surface area contributed by atoms with E-state index in [1.54, 1.807) is 22.9 Å². The minimum absolute atomic E-state index is 0.0162. The number of piperazine rings is 1. The van der Waals surface area contributed by atoms with Crippen molar-refractivity contribution in [3.63, 3.8) is 0 Å². The van der Waals surface area contributed by atoms with Crippen LogP contribution in [-0.2, 0) is 6.54 Å². The zero-order chi connectivity index (χ0) is 23.4. The summed E-state index contributed by atoms with van der Waals surface area (Å²) in [6, 6.07) is 14.3. The standard InChI is InChI=1S/C25H29ClN4O3/c1-18-15-22(32)23(25(33)30(18)17-21-7-2-3-8-27-21)24(19-5-4-6-20(26)16-19)29-11-9-28(10-12-29)13-14-31/h2-8,15-16,24,31-32H,9-14,17H2,1H3. The van der Waals surface area contributed by atoms with Gasteiger partial charge < -0.3 is 14.8 Å². The highest BCUT2D eigenvalue weighted by Gasteiger charge is 2.31. The van der Waals surface area contributed by atoms with Gasteiger partial charge in [0, 0.05) is 49.6 Å². The fraction of sp³-hybridized carbons (Fsp3) is 0.360. The van der Waals surface area contributed by atoms with Crippen LogP contribution < -0.4 is 5.56 Å². The fourth-order valence-electron chi connectivity index (χ4n) is 4.50. The van der Waals surface area contributed by atoms with E-state index in [1.165, 1.54) is 0 Å². The smallest absolute Gasteiger partial charge is 0.260 e. The van der Waals surface area contributed by atoms with Crippen LogP contribution in [0.3, 0.4) is 0 Å². The second-order valence-electron chi connectivity index (χ2n) is 8.36. The van der Waals surface area contributed by atoms with Gasteiger partial charge in [0.1, 0.15) is 5.75 Å². The molecule has 1 aromatic carbocycles. The molecule has 0 spiro atoms. The van der Waals surface area contributed by atoms with Crippen molar-refractivity contribution in [2.24, 2.45) is 0 Å². The lowest BCUT2D eigenvalue weighted by Gasteiger charge is -2.39. The first-order valence-corrected chi connectivity index (χ1v) is 11.5. The topological polar surface area (TPSA) is 81.8 Å². The minimum atomic E-state index is -0.442. The number of rotatable bonds is 7. The molecule has 0 saturated carbocycles. The molecule has 1 aliphatic heterocycles. The molecule has 0 radical (unpaired) electrons. The van der Waals surface area contributed by atoms with Gasteiger partial charge in [-0.05, 0) is 42.8 Å². The lowest BCUT2D eigenvalue weighted by molar-refractivity contribution is 0.0932. The average molecular weight is 469 g/mol. The van der Waals surface area contributed by atoms with E-state index in [4.69, 9.17) is 11.6 Å². The highest BCUT2D eigenvalue weighted by atomic mass is 35.5. The van der Waals surface area contributed by atoms with Gasteiger partial charge in [-0.25, -0.2) is 0 Å². The van der Waals surface area contributed by atoms with Crippen molar-refractivity contribution in [3.05, 3.63) is 92.6 Å². The van der Waals surface area contributed by atoms with Crippen molar-refractivity contribution >= 4 is 11.6 Å². The normalized spacial score (nSPS) is 16.1. The van der Waals surface area contributed by atoms with Gasteiger partial charge in [-0.3, -0.25) is 19.6 Å². The van der Waals surface area contributed by atoms with E-state index in [0.717, 1.165) is 24.3 Å². The Hall–Kier alpha value is -2.71. The predicted molar refractivity (Wildman–Crippen MR) is 129 cm³/mol. The molecule has 8 heteroatoms. The van der Waals surface area contributed by atoms with Crippen molar-refractivity contribution in [1.29, 1.82) is 0 Å². The van der Waals surface area contributed by atoms with E-state index in [-0.39, 0.29) is 17.9 Å². The zero-order valence-electron chi connectivity index (χ0n) is 18.7. The third kappa shape index (κ3) is 5.28. The summed E-state index contributed by atoms with van der Waals surface area (Å²) in [6.45, 7) is 5.82. The van der Waals surface area contributed by atoms with E-state index >= 15 is 0 Å². The highest BCUT2D eigenvalue weighted by Crippen LogP contribution is 2.34. The maximum atomic E-state index is 13.8. The van der Waals surface area contributed by atoms with Crippen LogP contribution in [-0.4, -0.2) is 68.9 Å². The lowest BCUT2D eigenvalue weighted by atomic mass is 9.96. The van der Waals surface area contributed by atoms with E-state index in [0.29, 0.717) is 42.5 Å². The summed E-state index contributed by atoms with van der Waals surface area (Å²) in [5.74, 6) is -0.0162. The lowest BCUT2D eigenvalue weighted by Crippen LogP contribution is -2.49. The molecule has 0 bridgehead atoms. The summed E-state index contributed by atoms with van der Waals surface area (Å²) in [4.78, 5) is 22.6. The Balaban J connectivity index is 1.78. The van der Waals surface area contributed by atoms with Gasteiger partial charge in [-0.1, -0.05) is 29.8 Å². The molecule has 174 valence electrons. The second kappa shape index (κ2) is 10.5. The molecule has 0 aliphatic carbocycles. The molecular formula is C25H29ClN4O3. The molecule has 3 heterocycles. The summed E-state index contributed by atoms with van der Waals surface area (Å²) in [6.07, 6.45) is 1.71. The van der Waals surface area contributed by atoms with Crippen molar-refractivity contribution in [3.8, 4) is 5.75 Å². The molecule has 0 amide bonds. The fourth-order valence-corrected chi connectivity index (χ4v) is 4.70. The predicted octanol–water partition coefficient (Wildman–Crippen LogP) is 2.66. The maximum absolute atomic E-state index is 13.8. The van der Waals surface area contributed by atoms with Crippen LogP contribution >= 0.6 is 11.6 Å². The van der Waals surface area contributed by atoms with E-state index in [9.17, 15) is 15.0 Å². The summed E-state index contributed by atoms with van der Waals surface area (Å²) >= 11 is 6.31. The number of pyridine rings is 2. The van der Waals surface area contributed by atoms with Crippen LogP contribution in [0.25, 0.3) is 0 Å². The average Bonchev–Trinajstić information content (AvgIpc) is 2.81. The first-order valence-electron chi connectivity index (χ1n) is 11.1. The first kappa shape index (κ1) is 23.4. The number of aromatic nitrogens is 2. The molecule has 7 nitrogen and oxygen atoms in total. The number of aryl methyl sites for hydroxylation is 1. The first-order chi connectivity index (χ1) is 16.0. The number of aliphatic hydroxyl groups excluding tert-OH is 1. The highest BCUT2D eigenvalue weighted by molar-refractivity contribution is 6.30. The van der Waals surface area contributed by atoms with Gasteiger partial charge in [0.2, 0.25) is 0 Å². The molecule has 4 rings (SSSR count). The van der Waals surface area contributed by atoms with E-state index < -0.39 is 6.04 Å². The Morgan fingerprint density at radius 3 is 2.55 bits per heavy atom. The Morgan fingerprint density at radius 1 is 1.09 bits per heavy atom. The van der Waals surface area contributed by atoms with E-state index in [1.807, 2.05) is 43.3 Å². The van der Waals surface area contributed by atoms with Crippen LogP contribution in [0.15, 0.2) is 59.5 Å². The number of hydrogen-bond acceptors (Lipinski definition) is 6. The summed E-state index contributed by atoms with van der Waals surface area (Å²) in [7, 11) is 0. The number of hydrogen-bond donors (Lipinski definition) is 2. The minimum Gasteiger partial charge on any atom is -0.507 e. The van der Waals surface area contributed by atoms with Crippen molar-refractivity contribution in [2.45, 2.75) is 19.5 Å². The number of nitrogens with zero attached hydrogens (tertiary/aromatic N) is 4. The number of aromatic hydroxyl groups is 1. The summed E-state index contributed by atoms with van der Waals surface area (Å²) in [5, 5.41) is 20.9. The van der Waals surface area contributed by atoms with Gasteiger partial charge in [0.15, 0.2) is 0 Å². The van der Waals surface area contributed by atoms with Gasteiger partial charge >= 0.3 is 0 Å². The second-order valence-corrected chi connectivity index (χ2v) is 8.79. The van der Waals surface area contributed by atoms with Crippen LogP contribution in [0.4, 0.5) is 0 Å².